The van der Waals surface area contributed by atoms with E-state index in [-0.39, 0.29) is 4.91 Å². The fraction of sp³-hybridized carbons (Fsp3) is 0.167. The molecule has 124 valence electrons. The van der Waals surface area contributed by atoms with Crippen LogP contribution in [0, 0.1) is 5.82 Å². The number of para-hydroxylation sites is 1. The fourth-order valence-corrected chi connectivity index (χ4v) is 4.13. The van der Waals surface area contributed by atoms with Crippen molar-refractivity contribution in [3.05, 3.63) is 71.0 Å². The minimum absolute atomic E-state index is 0.110. The summed E-state index contributed by atoms with van der Waals surface area (Å²) in [6, 6.07) is 13.1. The van der Waals surface area contributed by atoms with Gasteiger partial charge in [-0.2, -0.15) is 8.42 Å². The van der Waals surface area contributed by atoms with Crippen molar-refractivity contribution in [2.24, 2.45) is 4.40 Å². The van der Waals surface area contributed by atoms with Crippen LogP contribution < -0.4 is 5.32 Å². The average molecular weight is 344 g/mol. The molecule has 0 bridgehead atoms. The van der Waals surface area contributed by atoms with Gasteiger partial charge in [0.05, 0.1) is 0 Å². The van der Waals surface area contributed by atoms with Gasteiger partial charge < -0.3 is 5.32 Å². The molecule has 24 heavy (non-hydrogen) atoms. The van der Waals surface area contributed by atoms with E-state index in [0.29, 0.717) is 17.0 Å². The largest absolute Gasteiger partial charge is 0.339 e. The van der Waals surface area contributed by atoms with Crippen molar-refractivity contribution >= 4 is 26.5 Å². The van der Waals surface area contributed by atoms with Gasteiger partial charge in [0.25, 0.3) is 10.0 Å². The highest BCUT2D eigenvalue weighted by Crippen LogP contribution is 2.33. The number of hydrogen-bond donors (Lipinski definition) is 1. The predicted octanol–water partition coefficient (Wildman–Crippen LogP) is 3.97. The number of nitrogens with zero attached hydrogens (tertiary/aromatic N) is 1. The van der Waals surface area contributed by atoms with Crippen LogP contribution in [0.25, 0.3) is 4.91 Å². The first-order valence-corrected chi connectivity index (χ1v) is 9.03. The zero-order chi connectivity index (χ0) is 17.3. The van der Waals surface area contributed by atoms with E-state index in [9.17, 15) is 12.8 Å². The topological polar surface area (TPSA) is 58.5 Å². The summed E-state index contributed by atoms with van der Waals surface area (Å²) in [5.41, 5.74) is 2.85. The highest BCUT2D eigenvalue weighted by molar-refractivity contribution is 8.00. The number of sulfonamides is 1. The summed E-state index contributed by atoms with van der Waals surface area (Å²) in [6.07, 6.45) is 0.816. The molecule has 0 radical (unpaired) electrons. The van der Waals surface area contributed by atoms with Gasteiger partial charge in [0, 0.05) is 11.3 Å². The third kappa shape index (κ3) is 2.97. The highest BCUT2D eigenvalue weighted by Gasteiger charge is 2.31. The van der Waals surface area contributed by atoms with Gasteiger partial charge in [-0.15, -0.1) is 4.40 Å². The van der Waals surface area contributed by atoms with Gasteiger partial charge in [0.1, 0.15) is 16.6 Å². The molecule has 2 aromatic carbocycles. The van der Waals surface area contributed by atoms with E-state index in [1.54, 1.807) is 6.92 Å². The summed E-state index contributed by atoms with van der Waals surface area (Å²) in [4.78, 5) is 0.110. The molecule has 0 aliphatic carbocycles. The number of rotatable bonds is 3. The van der Waals surface area contributed by atoms with Gasteiger partial charge in [0.15, 0.2) is 0 Å². The van der Waals surface area contributed by atoms with E-state index in [0.717, 1.165) is 17.7 Å². The van der Waals surface area contributed by atoms with Gasteiger partial charge in [-0.25, -0.2) is 4.39 Å². The molecule has 3 rings (SSSR count). The maximum Gasteiger partial charge on any atom is 0.285 e. The summed E-state index contributed by atoms with van der Waals surface area (Å²) in [7, 11) is -3.81. The smallest absolute Gasteiger partial charge is 0.285 e. The van der Waals surface area contributed by atoms with E-state index in [4.69, 9.17) is 0 Å². The summed E-state index contributed by atoms with van der Waals surface area (Å²) >= 11 is 0. The Kier molecular flexibility index (Phi) is 4.24. The Labute approximate surface area is 140 Å². The fourth-order valence-electron chi connectivity index (χ4n) is 2.70. The van der Waals surface area contributed by atoms with Crippen LogP contribution in [0.3, 0.4) is 0 Å². The van der Waals surface area contributed by atoms with Crippen molar-refractivity contribution < 1.29 is 12.8 Å². The number of amidine groups is 1. The van der Waals surface area contributed by atoms with E-state index in [1.807, 2.05) is 31.2 Å². The molecule has 1 heterocycles. The summed E-state index contributed by atoms with van der Waals surface area (Å²) < 4.78 is 41.8. The molecule has 6 heteroatoms. The second kappa shape index (κ2) is 6.20. The molecule has 0 atom stereocenters. The Balaban J connectivity index is 2.03. The molecule has 0 amide bonds. The molecule has 0 saturated heterocycles. The maximum absolute atomic E-state index is 13.1. The Morgan fingerprint density at radius 3 is 2.42 bits per heavy atom. The lowest BCUT2D eigenvalue weighted by Gasteiger charge is -2.11. The van der Waals surface area contributed by atoms with Crippen LogP contribution in [-0.2, 0) is 16.4 Å². The second-order valence-corrected chi connectivity index (χ2v) is 7.05. The average Bonchev–Trinajstić information content (AvgIpc) is 2.78. The minimum atomic E-state index is -3.81. The van der Waals surface area contributed by atoms with Gasteiger partial charge >= 0.3 is 0 Å². The van der Waals surface area contributed by atoms with Crippen molar-refractivity contribution in [2.75, 3.05) is 5.32 Å². The van der Waals surface area contributed by atoms with Crippen molar-refractivity contribution in [1.82, 2.24) is 0 Å². The Morgan fingerprint density at radius 1 is 1.08 bits per heavy atom. The quantitative estimate of drug-likeness (QED) is 0.916. The zero-order valence-corrected chi connectivity index (χ0v) is 14.2. The molecule has 0 saturated carbocycles. The number of anilines is 1. The first kappa shape index (κ1) is 16.4. The molecule has 4 nitrogen and oxygen atoms in total. The monoisotopic (exact) mass is 344 g/mol. The predicted molar refractivity (Wildman–Crippen MR) is 94.8 cm³/mol. The number of halogens is 1. The second-order valence-electron chi connectivity index (χ2n) is 5.51. The van der Waals surface area contributed by atoms with Crippen molar-refractivity contribution in [2.45, 2.75) is 20.3 Å². The SMILES string of the molecule is CCc1ccccc1NC1=NS(=O)(=O)C(c2ccc(F)cc2)=C1C. The third-order valence-corrected chi connectivity index (χ3v) is 5.40. The minimum Gasteiger partial charge on any atom is -0.339 e. The van der Waals surface area contributed by atoms with Gasteiger partial charge in [-0.3, -0.25) is 0 Å². The molecule has 1 N–H and O–H groups in total. The molecule has 0 aromatic heterocycles. The third-order valence-electron chi connectivity index (χ3n) is 3.92. The molecule has 1 aliphatic rings. The summed E-state index contributed by atoms with van der Waals surface area (Å²) in [5, 5.41) is 3.12. The highest BCUT2D eigenvalue weighted by atomic mass is 32.2. The first-order valence-electron chi connectivity index (χ1n) is 7.59. The lowest BCUT2D eigenvalue weighted by atomic mass is 10.1. The number of benzene rings is 2. The van der Waals surface area contributed by atoms with Crippen LogP contribution in [-0.4, -0.2) is 14.3 Å². The van der Waals surface area contributed by atoms with E-state index in [2.05, 4.69) is 9.71 Å². The van der Waals surface area contributed by atoms with E-state index in [1.165, 1.54) is 24.3 Å². The van der Waals surface area contributed by atoms with Crippen molar-refractivity contribution in [1.29, 1.82) is 0 Å². The Hall–Kier alpha value is -2.47. The zero-order valence-electron chi connectivity index (χ0n) is 13.4. The molecule has 0 fully saturated rings. The molecule has 0 spiro atoms. The van der Waals surface area contributed by atoms with Crippen LogP contribution in [0.1, 0.15) is 25.0 Å². The standard InChI is InChI=1S/C18H17FN2O2S/c1-3-13-6-4-5-7-16(13)20-18-12(2)17(24(22,23)21-18)14-8-10-15(19)11-9-14/h4-11H,3H2,1-2H3,(H,20,21). The number of hydrogen-bond acceptors (Lipinski definition) is 3. The van der Waals surface area contributed by atoms with Gasteiger partial charge in [-0.1, -0.05) is 37.3 Å². The lowest BCUT2D eigenvalue weighted by Crippen LogP contribution is -2.12. The van der Waals surface area contributed by atoms with Crippen molar-refractivity contribution in [3.63, 3.8) is 0 Å². The molecular weight excluding hydrogens is 327 g/mol. The Morgan fingerprint density at radius 2 is 1.75 bits per heavy atom. The van der Waals surface area contributed by atoms with E-state index >= 15 is 0 Å². The summed E-state index contributed by atoms with van der Waals surface area (Å²) in [5.74, 6) is -0.112. The van der Waals surface area contributed by atoms with Crippen LogP contribution >= 0.6 is 0 Å². The van der Waals surface area contributed by atoms with Crippen LogP contribution in [0.2, 0.25) is 0 Å². The van der Waals surface area contributed by atoms with Crippen molar-refractivity contribution in [3.8, 4) is 0 Å². The van der Waals surface area contributed by atoms with Crippen LogP contribution in [0.5, 0.6) is 0 Å². The van der Waals surface area contributed by atoms with Gasteiger partial charge in [-0.05, 0) is 42.7 Å². The molecule has 0 unspecified atom stereocenters. The molecule has 2 aromatic rings. The van der Waals surface area contributed by atoms with E-state index < -0.39 is 15.8 Å². The summed E-state index contributed by atoms with van der Waals surface area (Å²) in [6.45, 7) is 3.73. The number of nitrogens with one attached hydrogen (secondary N) is 1. The maximum atomic E-state index is 13.1. The van der Waals surface area contributed by atoms with Crippen LogP contribution in [0.15, 0.2) is 58.5 Å². The Bertz CT molecular complexity index is 945. The normalized spacial score (nSPS) is 16.2. The molecule has 1 aliphatic heterocycles. The molecular formula is C18H17FN2O2S. The van der Waals surface area contributed by atoms with Gasteiger partial charge in [0.2, 0.25) is 0 Å². The van der Waals surface area contributed by atoms with Crippen LogP contribution in [0.4, 0.5) is 10.1 Å². The number of aryl methyl sites for hydroxylation is 1. The first-order chi connectivity index (χ1) is 11.4. The lowest BCUT2D eigenvalue weighted by molar-refractivity contribution is 0.608.